The van der Waals surface area contributed by atoms with Crippen LogP contribution in [0.5, 0.6) is 17.2 Å². The van der Waals surface area contributed by atoms with Gasteiger partial charge < -0.3 is 19.1 Å². The molecule has 0 saturated carbocycles. The van der Waals surface area contributed by atoms with Gasteiger partial charge in [-0.1, -0.05) is 23.5 Å². The highest BCUT2D eigenvalue weighted by Gasteiger charge is 2.18. The summed E-state index contributed by atoms with van der Waals surface area (Å²) in [6.45, 7) is 2.65. The number of nitrogens with one attached hydrogen (secondary N) is 1. The second-order valence-corrected chi connectivity index (χ2v) is 8.61. The molecule has 0 atom stereocenters. The van der Waals surface area contributed by atoms with Crippen molar-refractivity contribution in [2.24, 2.45) is 0 Å². The van der Waals surface area contributed by atoms with Gasteiger partial charge in [0.1, 0.15) is 42.1 Å². The standard InChI is InChI=1S/C25H25N5O4S/c1-32-20-8-10-22(11-9-20)34-15-14-33-21-6-4-18(5-7-21)16-19(17-26)23(31)27-24-28-29-25(35-24)30-12-2-3-13-30/h4-11,16H,2-3,12-15H2,1H3,(H,27,28,31). The predicted molar refractivity (Wildman–Crippen MR) is 134 cm³/mol. The number of hydrogen-bond donors (Lipinski definition) is 1. The van der Waals surface area contributed by atoms with Crippen molar-refractivity contribution >= 4 is 33.6 Å². The lowest BCUT2D eigenvalue weighted by Crippen LogP contribution is -2.17. The maximum absolute atomic E-state index is 12.6. The number of aromatic nitrogens is 2. The lowest BCUT2D eigenvalue weighted by atomic mass is 10.1. The Hall–Kier alpha value is -4.10. The number of ether oxygens (including phenoxy) is 3. The van der Waals surface area contributed by atoms with Crippen LogP contribution in [0.4, 0.5) is 10.3 Å². The zero-order chi connectivity index (χ0) is 24.5. The number of hydrogen-bond acceptors (Lipinski definition) is 9. The molecule has 0 bridgehead atoms. The first-order valence-corrected chi connectivity index (χ1v) is 12.0. The van der Waals surface area contributed by atoms with Crippen molar-refractivity contribution in [2.45, 2.75) is 12.8 Å². The summed E-state index contributed by atoms with van der Waals surface area (Å²) in [4.78, 5) is 14.7. The van der Waals surface area contributed by atoms with E-state index in [1.54, 1.807) is 31.4 Å². The molecule has 0 unspecified atom stereocenters. The van der Waals surface area contributed by atoms with E-state index in [0.717, 1.165) is 42.6 Å². The van der Waals surface area contributed by atoms with E-state index in [1.165, 1.54) is 17.4 Å². The summed E-state index contributed by atoms with van der Waals surface area (Å²) in [7, 11) is 1.62. The number of methoxy groups -OCH3 is 1. The monoisotopic (exact) mass is 491 g/mol. The van der Waals surface area contributed by atoms with E-state index < -0.39 is 5.91 Å². The number of benzene rings is 2. The quantitative estimate of drug-likeness (QED) is 0.256. The maximum Gasteiger partial charge on any atom is 0.268 e. The Morgan fingerprint density at radius 3 is 2.23 bits per heavy atom. The minimum absolute atomic E-state index is 0.0236. The zero-order valence-corrected chi connectivity index (χ0v) is 20.1. The van der Waals surface area contributed by atoms with E-state index in [4.69, 9.17) is 14.2 Å². The van der Waals surface area contributed by atoms with Gasteiger partial charge in [0.2, 0.25) is 10.3 Å². The van der Waals surface area contributed by atoms with E-state index in [2.05, 4.69) is 20.4 Å². The fourth-order valence-corrected chi connectivity index (χ4v) is 4.22. The molecule has 2 aromatic carbocycles. The molecule has 10 heteroatoms. The second-order valence-electron chi connectivity index (χ2n) is 7.65. The van der Waals surface area contributed by atoms with Crippen molar-refractivity contribution in [3.05, 3.63) is 59.7 Å². The number of anilines is 2. The molecule has 1 fully saturated rings. The molecule has 0 radical (unpaired) electrons. The van der Waals surface area contributed by atoms with Gasteiger partial charge in [0.25, 0.3) is 5.91 Å². The van der Waals surface area contributed by atoms with Crippen LogP contribution in [0.1, 0.15) is 18.4 Å². The Bertz CT molecular complexity index is 1200. The van der Waals surface area contributed by atoms with Crippen molar-refractivity contribution in [1.29, 1.82) is 5.26 Å². The van der Waals surface area contributed by atoms with Gasteiger partial charge in [0.15, 0.2) is 0 Å². The summed E-state index contributed by atoms with van der Waals surface area (Å²) in [5.41, 5.74) is 0.679. The van der Waals surface area contributed by atoms with Crippen LogP contribution >= 0.6 is 11.3 Å². The zero-order valence-electron chi connectivity index (χ0n) is 19.3. The molecule has 0 spiro atoms. The van der Waals surface area contributed by atoms with Crippen LogP contribution in [-0.4, -0.2) is 49.5 Å². The van der Waals surface area contributed by atoms with Gasteiger partial charge in [0.05, 0.1) is 7.11 Å². The van der Waals surface area contributed by atoms with Gasteiger partial charge >= 0.3 is 0 Å². The summed E-state index contributed by atoms with van der Waals surface area (Å²) >= 11 is 1.31. The smallest absolute Gasteiger partial charge is 0.268 e. The normalized spacial score (nSPS) is 13.3. The molecule has 1 aliphatic heterocycles. The molecule has 3 aromatic rings. The number of nitrogens with zero attached hydrogens (tertiary/aromatic N) is 4. The summed E-state index contributed by atoms with van der Waals surface area (Å²) in [6, 6.07) is 16.4. The van der Waals surface area contributed by atoms with E-state index in [9.17, 15) is 10.1 Å². The molecule has 1 aromatic heterocycles. The molecule has 0 aliphatic carbocycles. The third-order valence-electron chi connectivity index (χ3n) is 5.25. The van der Waals surface area contributed by atoms with Crippen LogP contribution in [0, 0.1) is 11.3 Å². The molecule has 1 aliphatic rings. The van der Waals surface area contributed by atoms with Gasteiger partial charge in [-0.05, 0) is 60.9 Å². The summed E-state index contributed by atoms with van der Waals surface area (Å²) in [6.07, 6.45) is 3.78. The van der Waals surface area contributed by atoms with E-state index in [1.807, 2.05) is 30.3 Å². The van der Waals surface area contributed by atoms with Gasteiger partial charge in [-0.15, -0.1) is 10.2 Å². The fourth-order valence-electron chi connectivity index (χ4n) is 3.43. The Labute approximate surface area is 207 Å². The van der Waals surface area contributed by atoms with Crippen LogP contribution in [0.2, 0.25) is 0 Å². The highest BCUT2D eigenvalue weighted by Crippen LogP contribution is 2.27. The first-order chi connectivity index (χ1) is 17.1. The Morgan fingerprint density at radius 1 is 1.03 bits per heavy atom. The van der Waals surface area contributed by atoms with Crippen LogP contribution in [0.15, 0.2) is 54.1 Å². The summed E-state index contributed by atoms with van der Waals surface area (Å²) in [5, 5.41) is 21.5. The van der Waals surface area contributed by atoms with Gasteiger partial charge in [-0.2, -0.15) is 5.26 Å². The highest BCUT2D eigenvalue weighted by molar-refractivity contribution is 7.19. The molecule has 1 amide bonds. The Balaban J connectivity index is 1.26. The minimum Gasteiger partial charge on any atom is -0.497 e. The summed E-state index contributed by atoms with van der Waals surface area (Å²) < 4.78 is 16.5. The largest absolute Gasteiger partial charge is 0.497 e. The molecule has 2 heterocycles. The van der Waals surface area contributed by atoms with E-state index in [0.29, 0.717) is 29.7 Å². The van der Waals surface area contributed by atoms with Crippen molar-refractivity contribution < 1.29 is 19.0 Å². The average molecular weight is 492 g/mol. The molecule has 4 rings (SSSR count). The fraction of sp³-hybridized carbons (Fsp3) is 0.280. The third-order valence-corrected chi connectivity index (χ3v) is 6.15. The highest BCUT2D eigenvalue weighted by atomic mass is 32.1. The van der Waals surface area contributed by atoms with Crippen LogP contribution < -0.4 is 24.4 Å². The minimum atomic E-state index is -0.521. The predicted octanol–water partition coefficient (Wildman–Crippen LogP) is 4.15. The third kappa shape index (κ3) is 6.71. The molecule has 1 N–H and O–H groups in total. The number of amides is 1. The number of carbonyl (C=O) groups is 1. The molecule has 1 saturated heterocycles. The lowest BCUT2D eigenvalue weighted by Gasteiger charge is -2.10. The first-order valence-electron chi connectivity index (χ1n) is 11.2. The molecule has 180 valence electrons. The van der Waals surface area contributed by atoms with Crippen molar-refractivity contribution in [3.63, 3.8) is 0 Å². The average Bonchev–Trinajstić information content (AvgIpc) is 3.59. The lowest BCUT2D eigenvalue weighted by molar-refractivity contribution is -0.112. The van der Waals surface area contributed by atoms with Gasteiger partial charge in [0, 0.05) is 13.1 Å². The maximum atomic E-state index is 12.6. The number of carbonyl (C=O) groups excluding carboxylic acids is 1. The molecule has 35 heavy (non-hydrogen) atoms. The SMILES string of the molecule is COc1ccc(OCCOc2ccc(C=C(C#N)C(=O)Nc3nnc(N4CCCC4)s3)cc2)cc1. The van der Waals surface area contributed by atoms with Crippen LogP contribution in [0.3, 0.4) is 0 Å². The molecular weight excluding hydrogens is 466 g/mol. The van der Waals surface area contributed by atoms with E-state index >= 15 is 0 Å². The Kier molecular flexibility index (Phi) is 8.14. The van der Waals surface area contributed by atoms with Crippen molar-refractivity contribution in [2.75, 3.05) is 43.6 Å². The summed E-state index contributed by atoms with van der Waals surface area (Å²) in [5.74, 6) is 1.64. The topological polar surface area (TPSA) is 110 Å². The molecular formula is C25H25N5O4S. The van der Waals surface area contributed by atoms with Crippen molar-refractivity contribution in [3.8, 4) is 23.3 Å². The second kappa shape index (κ2) is 11.9. The van der Waals surface area contributed by atoms with Crippen molar-refractivity contribution in [1.82, 2.24) is 10.2 Å². The van der Waals surface area contributed by atoms with E-state index in [-0.39, 0.29) is 5.57 Å². The number of nitriles is 1. The van der Waals surface area contributed by atoms with Crippen LogP contribution in [0.25, 0.3) is 6.08 Å². The first kappa shape index (κ1) is 24.0. The Morgan fingerprint density at radius 2 is 1.63 bits per heavy atom. The van der Waals surface area contributed by atoms with Gasteiger partial charge in [-0.25, -0.2) is 0 Å². The van der Waals surface area contributed by atoms with Gasteiger partial charge in [-0.3, -0.25) is 10.1 Å². The molecule has 9 nitrogen and oxygen atoms in total. The van der Waals surface area contributed by atoms with Crippen LogP contribution in [-0.2, 0) is 4.79 Å². The number of rotatable bonds is 10.